The van der Waals surface area contributed by atoms with E-state index in [1.54, 1.807) is 0 Å². The van der Waals surface area contributed by atoms with Gasteiger partial charge in [-0.1, -0.05) is 0 Å². The summed E-state index contributed by atoms with van der Waals surface area (Å²) in [7, 11) is 0. The first-order chi connectivity index (χ1) is 7.24. The van der Waals surface area contributed by atoms with Gasteiger partial charge in [0, 0.05) is 18.5 Å². The molecule has 0 spiro atoms. The Hall–Kier alpha value is -0.220. The maximum atomic E-state index is 11.7. The van der Waals surface area contributed by atoms with Gasteiger partial charge >= 0.3 is 0 Å². The number of amides is 1. The molecule has 1 fully saturated rings. The van der Waals surface area contributed by atoms with Crippen molar-refractivity contribution in [2.24, 2.45) is 11.7 Å². The van der Waals surface area contributed by atoms with Crippen molar-refractivity contribution < 1.29 is 4.79 Å². The summed E-state index contributed by atoms with van der Waals surface area (Å²) < 4.78 is 0. The van der Waals surface area contributed by atoms with E-state index in [0.29, 0.717) is 6.04 Å². The van der Waals surface area contributed by atoms with Gasteiger partial charge in [-0.25, -0.2) is 0 Å². The molecule has 1 aliphatic rings. The summed E-state index contributed by atoms with van der Waals surface area (Å²) >= 11 is 1.82. The number of carbonyl (C=O) groups excluding carboxylic acids is 1. The zero-order valence-corrected chi connectivity index (χ0v) is 10.3. The average molecular weight is 230 g/mol. The van der Waals surface area contributed by atoms with E-state index in [-0.39, 0.29) is 11.8 Å². The highest BCUT2D eigenvalue weighted by Gasteiger charge is 2.23. The molecule has 0 unspecified atom stereocenters. The molecular weight excluding hydrogens is 208 g/mol. The molecule has 1 rings (SSSR count). The third kappa shape index (κ3) is 4.89. The Morgan fingerprint density at radius 3 is 2.67 bits per heavy atom. The van der Waals surface area contributed by atoms with E-state index in [9.17, 15) is 4.79 Å². The van der Waals surface area contributed by atoms with Crippen LogP contribution in [-0.4, -0.2) is 30.5 Å². The van der Waals surface area contributed by atoms with E-state index < -0.39 is 0 Å². The van der Waals surface area contributed by atoms with Crippen LogP contribution in [0.15, 0.2) is 0 Å². The molecule has 0 saturated heterocycles. The summed E-state index contributed by atoms with van der Waals surface area (Å²) in [5.41, 5.74) is 5.80. The Bertz CT molecular complexity index is 191. The number of hydrogen-bond acceptors (Lipinski definition) is 3. The van der Waals surface area contributed by atoms with Gasteiger partial charge in [-0.2, -0.15) is 11.8 Å². The summed E-state index contributed by atoms with van der Waals surface area (Å²) in [6.07, 6.45) is 7.10. The van der Waals surface area contributed by atoms with Crippen molar-refractivity contribution in [1.29, 1.82) is 0 Å². The quantitative estimate of drug-likeness (QED) is 0.701. The van der Waals surface area contributed by atoms with Crippen LogP contribution in [0.3, 0.4) is 0 Å². The van der Waals surface area contributed by atoms with Crippen molar-refractivity contribution in [3.8, 4) is 0 Å². The maximum absolute atomic E-state index is 11.7. The van der Waals surface area contributed by atoms with Crippen molar-refractivity contribution in [1.82, 2.24) is 5.32 Å². The van der Waals surface area contributed by atoms with Gasteiger partial charge in [0.2, 0.25) is 5.91 Å². The van der Waals surface area contributed by atoms with Crippen molar-refractivity contribution in [3.05, 3.63) is 0 Å². The van der Waals surface area contributed by atoms with E-state index >= 15 is 0 Å². The van der Waals surface area contributed by atoms with Gasteiger partial charge in [0.1, 0.15) is 0 Å². The predicted molar refractivity (Wildman–Crippen MR) is 65.9 cm³/mol. The second-order valence-corrected chi connectivity index (χ2v) is 5.23. The van der Waals surface area contributed by atoms with E-state index in [1.165, 1.54) is 0 Å². The number of hydrogen-bond donors (Lipinski definition) is 2. The van der Waals surface area contributed by atoms with E-state index in [1.807, 2.05) is 11.8 Å². The lowest BCUT2D eigenvalue weighted by Gasteiger charge is -2.25. The highest BCUT2D eigenvalue weighted by molar-refractivity contribution is 7.98. The molecule has 1 saturated carbocycles. The van der Waals surface area contributed by atoms with Crippen LogP contribution in [-0.2, 0) is 4.79 Å². The Morgan fingerprint density at radius 2 is 2.07 bits per heavy atom. The first kappa shape index (κ1) is 12.8. The number of thioether (sulfide) groups is 1. The SMILES string of the molecule is CSCCCNC(=O)C1CCC(N)CC1. The lowest BCUT2D eigenvalue weighted by atomic mass is 9.86. The maximum Gasteiger partial charge on any atom is 0.223 e. The predicted octanol–water partition coefficient (Wildman–Crippen LogP) is 1.37. The highest BCUT2D eigenvalue weighted by Crippen LogP contribution is 2.22. The van der Waals surface area contributed by atoms with Crippen molar-refractivity contribution in [3.63, 3.8) is 0 Å². The van der Waals surface area contributed by atoms with Crippen molar-refractivity contribution in [2.45, 2.75) is 38.1 Å². The Morgan fingerprint density at radius 1 is 1.40 bits per heavy atom. The molecule has 1 amide bonds. The third-order valence-corrected chi connectivity index (χ3v) is 3.66. The summed E-state index contributed by atoms with van der Waals surface area (Å²) in [4.78, 5) is 11.7. The van der Waals surface area contributed by atoms with Gasteiger partial charge in [0.05, 0.1) is 0 Å². The van der Waals surface area contributed by atoms with Gasteiger partial charge in [-0.15, -0.1) is 0 Å². The number of carbonyl (C=O) groups is 1. The fourth-order valence-electron chi connectivity index (χ4n) is 1.95. The smallest absolute Gasteiger partial charge is 0.223 e. The molecule has 0 bridgehead atoms. The van der Waals surface area contributed by atoms with E-state index in [0.717, 1.165) is 44.4 Å². The lowest BCUT2D eigenvalue weighted by molar-refractivity contribution is -0.125. The standard InChI is InChI=1S/C11H22N2OS/c1-15-8-2-7-13-11(14)9-3-5-10(12)6-4-9/h9-10H,2-8,12H2,1H3,(H,13,14). The number of nitrogens with one attached hydrogen (secondary N) is 1. The topological polar surface area (TPSA) is 55.1 Å². The minimum atomic E-state index is 0.221. The van der Waals surface area contributed by atoms with Crippen LogP contribution in [0.5, 0.6) is 0 Å². The molecule has 0 radical (unpaired) electrons. The van der Waals surface area contributed by atoms with E-state index in [2.05, 4.69) is 11.6 Å². The molecule has 3 nitrogen and oxygen atoms in total. The molecule has 0 heterocycles. The molecule has 0 atom stereocenters. The molecular formula is C11H22N2OS. The molecule has 15 heavy (non-hydrogen) atoms. The second-order valence-electron chi connectivity index (χ2n) is 4.25. The molecule has 0 aromatic carbocycles. The fraction of sp³-hybridized carbons (Fsp3) is 0.909. The normalized spacial score (nSPS) is 26.3. The van der Waals surface area contributed by atoms with Gasteiger partial charge in [0.15, 0.2) is 0 Å². The first-order valence-corrected chi connectivity index (χ1v) is 7.15. The van der Waals surface area contributed by atoms with Crippen LogP contribution in [0, 0.1) is 5.92 Å². The van der Waals surface area contributed by atoms with Crippen molar-refractivity contribution >= 4 is 17.7 Å². The van der Waals surface area contributed by atoms with Gasteiger partial charge in [-0.05, 0) is 44.1 Å². The van der Waals surface area contributed by atoms with Gasteiger partial charge in [-0.3, -0.25) is 4.79 Å². The van der Waals surface area contributed by atoms with Gasteiger partial charge < -0.3 is 11.1 Å². The highest BCUT2D eigenvalue weighted by atomic mass is 32.2. The van der Waals surface area contributed by atoms with Crippen LogP contribution < -0.4 is 11.1 Å². The van der Waals surface area contributed by atoms with Crippen molar-refractivity contribution in [2.75, 3.05) is 18.6 Å². The second kappa shape index (κ2) is 7.12. The zero-order valence-electron chi connectivity index (χ0n) is 9.50. The minimum absolute atomic E-state index is 0.221. The molecule has 88 valence electrons. The number of nitrogens with two attached hydrogens (primary N) is 1. The Labute approximate surface area is 96.6 Å². The van der Waals surface area contributed by atoms with Crippen LogP contribution in [0.2, 0.25) is 0 Å². The molecule has 0 aromatic heterocycles. The summed E-state index contributed by atoms with van der Waals surface area (Å²) in [5.74, 6) is 1.58. The van der Waals surface area contributed by atoms with E-state index in [4.69, 9.17) is 5.73 Å². The largest absolute Gasteiger partial charge is 0.356 e. The van der Waals surface area contributed by atoms with Crippen LogP contribution >= 0.6 is 11.8 Å². The molecule has 0 aliphatic heterocycles. The molecule has 4 heteroatoms. The summed E-state index contributed by atoms with van der Waals surface area (Å²) in [5, 5.41) is 3.01. The van der Waals surface area contributed by atoms with Crippen LogP contribution in [0.4, 0.5) is 0 Å². The lowest BCUT2D eigenvalue weighted by Crippen LogP contribution is -2.36. The monoisotopic (exact) mass is 230 g/mol. The first-order valence-electron chi connectivity index (χ1n) is 5.76. The molecule has 0 aromatic rings. The fourth-order valence-corrected chi connectivity index (χ4v) is 2.39. The minimum Gasteiger partial charge on any atom is -0.356 e. The Kier molecular flexibility index (Phi) is 6.10. The number of rotatable bonds is 5. The summed E-state index contributed by atoms with van der Waals surface area (Å²) in [6, 6.07) is 0.325. The average Bonchev–Trinajstić information content (AvgIpc) is 2.25. The van der Waals surface area contributed by atoms with Crippen LogP contribution in [0.1, 0.15) is 32.1 Å². The van der Waals surface area contributed by atoms with Crippen LogP contribution in [0.25, 0.3) is 0 Å². The molecule has 1 aliphatic carbocycles. The summed E-state index contributed by atoms with van der Waals surface area (Å²) in [6.45, 7) is 0.822. The van der Waals surface area contributed by atoms with Gasteiger partial charge in [0.25, 0.3) is 0 Å². The zero-order chi connectivity index (χ0) is 11.1. The third-order valence-electron chi connectivity index (χ3n) is 2.97. The molecule has 3 N–H and O–H groups in total. The Balaban J connectivity index is 2.11.